The van der Waals surface area contributed by atoms with Crippen molar-refractivity contribution in [3.05, 3.63) is 261 Å². The molecule has 0 unspecified atom stereocenters. The summed E-state index contributed by atoms with van der Waals surface area (Å²) in [5.74, 6) is 1.36. The summed E-state index contributed by atoms with van der Waals surface area (Å²) in [5.41, 5.74) is 0. The van der Waals surface area contributed by atoms with Crippen molar-refractivity contribution in [1.82, 2.24) is 4.98 Å². The van der Waals surface area contributed by atoms with E-state index in [1.807, 2.05) is 0 Å². The smallest absolute Gasteiger partial charge is 0.153 e. The van der Waals surface area contributed by atoms with Crippen LogP contribution in [0.5, 0.6) is 0 Å². The van der Waals surface area contributed by atoms with E-state index >= 15 is 0 Å². The van der Waals surface area contributed by atoms with E-state index < -0.39 is 28.7 Å². The van der Waals surface area contributed by atoms with Gasteiger partial charge >= 0.3 is 0 Å². The third kappa shape index (κ3) is 8.08. The van der Waals surface area contributed by atoms with Crippen LogP contribution in [0.25, 0.3) is 0 Å². The van der Waals surface area contributed by atoms with Crippen LogP contribution in [0.3, 0.4) is 0 Å². The molecular formula is C53H43N3P4. The molecule has 0 spiro atoms. The lowest BCUT2D eigenvalue weighted by atomic mass is 10.4. The summed E-state index contributed by atoms with van der Waals surface area (Å²) in [7, 11) is -2.14. The normalized spacial score (nSPS) is 11.6. The highest BCUT2D eigenvalue weighted by molar-refractivity contribution is 8.46. The van der Waals surface area contributed by atoms with Gasteiger partial charge in [-0.1, -0.05) is 249 Å². The van der Waals surface area contributed by atoms with Gasteiger partial charge in [-0.2, -0.15) is 0 Å². The molecule has 0 amide bonds. The third-order valence-electron chi connectivity index (χ3n) is 10.3. The highest BCUT2D eigenvalue weighted by Crippen LogP contribution is 2.76. The van der Waals surface area contributed by atoms with Crippen LogP contribution < -0.4 is 42.4 Å². The van der Waals surface area contributed by atoms with E-state index in [9.17, 15) is 0 Å². The highest BCUT2D eigenvalue weighted by Gasteiger charge is 2.39. The van der Waals surface area contributed by atoms with Gasteiger partial charge in [0.1, 0.15) is 0 Å². The fraction of sp³-hybridized carbons (Fsp3) is 0. The number of hydrogen-bond donors (Lipinski definition) is 0. The van der Waals surface area contributed by atoms with E-state index in [2.05, 4.69) is 261 Å². The zero-order valence-corrected chi connectivity index (χ0v) is 36.5. The molecule has 0 saturated heterocycles. The number of benzene rings is 8. The molecule has 9 rings (SSSR count). The first-order valence-corrected chi connectivity index (χ1v) is 27.6. The Morgan fingerprint density at radius 2 is 0.467 bits per heavy atom. The Morgan fingerprint density at radius 3 is 0.700 bits per heavy atom. The number of rotatable bonds is 12. The first kappa shape index (κ1) is 39.7. The number of aromatic nitrogens is 1. The van der Waals surface area contributed by atoms with Gasteiger partial charge in [0.25, 0.3) is 0 Å². The van der Waals surface area contributed by atoms with Crippen molar-refractivity contribution >= 4 is 82.8 Å². The van der Waals surface area contributed by atoms with Crippen molar-refractivity contribution in [1.29, 1.82) is 0 Å². The standard InChI is InChI=1S/C53H43N3P4/c1-9-26-44(27-10-1)57(45-28-11-2-12-29-45)59(48-34-17-5-18-35-48,49-36-19-6-20-37-49)55-52-42-25-43-53(54-52)56-60(50-38-21-7-22-39-50,51-40-23-8-24-41-51)58(46-30-13-3-14-31-46)47-32-15-4-16-33-47/h1-43H. The maximum Gasteiger partial charge on any atom is 0.153 e. The van der Waals surface area contributed by atoms with E-state index in [1.165, 1.54) is 42.4 Å². The van der Waals surface area contributed by atoms with Gasteiger partial charge < -0.3 is 0 Å². The first-order chi connectivity index (χ1) is 29.8. The van der Waals surface area contributed by atoms with Crippen LogP contribution in [0, 0.1) is 0 Å². The van der Waals surface area contributed by atoms with Crippen LogP contribution in [0.4, 0.5) is 11.6 Å². The second kappa shape index (κ2) is 18.7. The van der Waals surface area contributed by atoms with Crippen molar-refractivity contribution in [2.45, 2.75) is 0 Å². The Labute approximate surface area is 356 Å². The first-order valence-electron chi connectivity index (χ1n) is 20.0. The fourth-order valence-corrected chi connectivity index (χ4v) is 27.8. The molecule has 0 atom stereocenters. The topological polar surface area (TPSA) is 37.6 Å². The van der Waals surface area contributed by atoms with Crippen LogP contribution in [0.1, 0.15) is 0 Å². The molecule has 8 aromatic carbocycles. The monoisotopic (exact) mass is 845 g/mol. The molecule has 60 heavy (non-hydrogen) atoms. The largest absolute Gasteiger partial charge is 0.234 e. The quantitative estimate of drug-likeness (QED) is 0.113. The van der Waals surface area contributed by atoms with E-state index in [4.69, 9.17) is 14.5 Å². The summed E-state index contributed by atoms with van der Waals surface area (Å²) >= 11 is 0. The zero-order valence-electron chi connectivity index (χ0n) is 33.0. The van der Waals surface area contributed by atoms with Crippen molar-refractivity contribution in [3.63, 3.8) is 0 Å². The molecule has 7 heteroatoms. The Balaban J connectivity index is 1.38. The van der Waals surface area contributed by atoms with Gasteiger partial charge in [-0.15, -0.1) is 0 Å². The van der Waals surface area contributed by atoms with Gasteiger partial charge in [-0.3, -0.25) is 0 Å². The second-order valence-electron chi connectivity index (χ2n) is 14.1. The average molecular weight is 846 g/mol. The number of hydrogen-bond acceptors (Lipinski definition) is 3. The lowest BCUT2D eigenvalue weighted by molar-refractivity contribution is 1.26. The predicted molar refractivity (Wildman–Crippen MR) is 265 cm³/mol. The molecule has 0 aliphatic rings. The van der Waals surface area contributed by atoms with Gasteiger partial charge in [-0.05, 0) is 33.4 Å². The van der Waals surface area contributed by atoms with Gasteiger partial charge in [0.15, 0.2) is 11.6 Å². The molecule has 9 aromatic rings. The van der Waals surface area contributed by atoms with Crippen LogP contribution in [0.2, 0.25) is 0 Å². The van der Waals surface area contributed by atoms with Gasteiger partial charge in [0.2, 0.25) is 0 Å². The van der Waals surface area contributed by atoms with Crippen molar-refractivity contribution in [2.75, 3.05) is 0 Å². The van der Waals surface area contributed by atoms with Crippen LogP contribution in [0.15, 0.2) is 270 Å². The molecule has 290 valence electrons. The molecule has 0 saturated carbocycles. The molecule has 3 nitrogen and oxygen atoms in total. The van der Waals surface area contributed by atoms with E-state index in [0.717, 1.165) is 0 Å². The summed E-state index contributed by atoms with van der Waals surface area (Å²) in [6.07, 6.45) is 0. The molecule has 0 N–H and O–H groups in total. The number of pyridine rings is 1. The Bertz CT molecular complexity index is 2500. The summed E-state index contributed by atoms with van der Waals surface area (Å²) < 4.78 is 12.1. The lowest BCUT2D eigenvalue weighted by Gasteiger charge is -2.35. The second-order valence-corrected chi connectivity index (χ2v) is 28.1. The molecule has 1 heterocycles. The average Bonchev–Trinajstić information content (AvgIpc) is 3.34. The van der Waals surface area contributed by atoms with Crippen LogP contribution >= 0.6 is 28.7 Å². The maximum atomic E-state index is 6.07. The van der Waals surface area contributed by atoms with Gasteiger partial charge in [-0.25, -0.2) is 14.5 Å². The summed E-state index contributed by atoms with van der Waals surface area (Å²) in [4.78, 5) is 5.53. The molecule has 0 fully saturated rings. The van der Waals surface area contributed by atoms with Crippen molar-refractivity contribution in [3.8, 4) is 0 Å². The molecule has 0 bridgehead atoms. The molecule has 1 aromatic heterocycles. The third-order valence-corrected chi connectivity index (χ3v) is 29.2. The Hall–Kier alpha value is -5.77. The van der Waals surface area contributed by atoms with E-state index in [1.54, 1.807) is 0 Å². The number of nitrogens with zero attached hydrogens (tertiary/aromatic N) is 3. The van der Waals surface area contributed by atoms with Crippen molar-refractivity contribution in [2.24, 2.45) is 9.49 Å². The van der Waals surface area contributed by atoms with Crippen LogP contribution in [-0.2, 0) is 0 Å². The van der Waals surface area contributed by atoms with E-state index in [-0.39, 0.29) is 0 Å². The molecule has 0 aliphatic carbocycles. The summed E-state index contributed by atoms with van der Waals surface area (Å²) in [6, 6.07) is 93.9. The van der Waals surface area contributed by atoms with E-state index in [0.29, 0.717) is 11.6 Å². The lowest BCUT2D eigenvalue weighted by Crippen LogP contribution is -2.23. The summed E-state index contributed by atoms with van der Waals surface area (Å²) in [5, 5.41) is 9.96. The Morgan fingerprint density at radius 1 is 0.250 bits per heavy atom. The fourth-order valence-electron chi connectivity index (χ4n) is 7.69. The molecule has 0 radical (unpaired) electrons. The Kier molecular flexibility index (Phi) is 12.3. The van der Waals surface area contributed by atoms with Gasteiger partial charge in [0.05, 0.1) is 13.5 Å². The highest BCUT2D eigenvalue weighted by atomic mass is 32.1. The molecule has 0 aliphatic heterocycles. The minimum Gasteiger partial charge on any atom is -0.234 e. The molecular weight excluding hydrogens is 802 g/mol. The zero-order chi connectivity index (χ0) is 40.5. The SMILES string of the molecule is c1ccc(P(c2ccccc2)P(=Nc2cccc(N=P(c3ccccc3)(c3ccccc3)P(c3ccccc3)c3ccccc3)n2)(c2ccccc2)c2ccccc2)cc1. The summed E-state index contributed by atoms with van der Waals surface area (Å²) in [6.45, 7) is -5.36. The van der Waals surface area contributed by atoms with Crippen molar-refractivity contribution < 1.29 is 0 Å². The van der Waals surface area contributed by atoms with Crippen LogP contribution in [-0.4, -0.2) is 4.98 Å². The van der Waals surface area contributed by atoms with Gasteiger partial charge in [0, 0.05) is 36.4 Å². The predicted octanol–water partition coefficient (Wildman–Crippen LogP) is 12.1. The maximum absolute atomic E-state index is 6.07. The minimum atomic E-state index is -2.68. The minimum absolute atomic E-state index is 0.680.